The predicted molar refractivity (Wildman–Crippen MR) is 79.6 cm³/mol. The highest BCUT2D eigenvalue weighted by molar-refractivity contribution is 5.81. The fourth-order valence-electron chi connectivity index (χ4n) is 2.58. The molecular weight excluding hydrogens is 252 g/mol. The van der Waals surface area contributed by atoms with Crippen LogP contribution in [0.5, 0.6) is 5.75 Å². The van der Waals surface area contributed by atoms with Crippen LogP contribution >= 0.6 is 0 Å². The number of hydrogen-bond acceptors (Lipinski definition) is 3. The van der Waals surface area contributed by atoms with E-state index in [9.17, 15) is 4.79 Å². The largest absolute Gasteiger partial charge is 0.481 e. The van der Waals surface area contributed by atoms with Crippen molar-refractivity contribution in [3.63, 3.8) is 0 Å². The topological polar surface area (TPSA) is 55.6 Å². The molecule has 1 aromatic rings. The van der Waals surface area contributed by atoms with Gasteiger partial charge in [0.1, 0.15) is 5.75 Å². The molecule has 1 aliphatic heterocycles. The molecule has 4 nitrogen and oxygen atoms in total. The number of aryl methyl sites for hydroxylation is 1. The standard InChI is InChI=1S/C16H24N2O2/c1-12-5-4-6-14(9-12)20-13(2)15(19)18-8-7-16(3,10-17)11-18/h4-6,9,13H,7-8,10-11,17H2,1-3H3. The van der Waals surface area contributed by atoms with Gasteiger partial charge in [-0.3, -0.25) is 4.79 Å². The lowest BCUT2D eigenvalue weighted by molar-refractivity contribution is -0.137. The van der Waals surface area contributed by atoms with E-state index in [4.69, 9.17) is 10.5 Å². The summed E-state index contributed by atoms with van der Waals surface area (Å²) < 4.78 is 5.75. The highest BCUT2D eigenvalue weighted by Crippen LogP contribution is 2.29. The molecule has 1 amide bonds. The van der Waals surface area contributed by atoms with Gasteiger partial charge in [-0.1, -0.05) is 19.1 Å². The van der Waals surface area contributed by atoms with Crippen LogP contribution in [0.3, 0.4) is 0 Å². The number of nitrogens with zero attached hydrogens (tertiary/aromatic N) is 1. The molecule has 0 aliphatic carbocycles. The lowest BCUT2D eigenvalue weighted by atomic mass is 9.90. The number of carbonyl (C=O) groups is 1. The zero-order valence-electron chi connectivity index (χ0n) is 12.6. The summed E-state index contributed by atoms with van der Waals surface area (Å²) in [5, 5.41) is 0. The Morgan fingerprint density at radius 1 is 1.55 bits per heavy atom. The van der Waals surface area contributed by atoms with Crippen LogP contribution in [0.25, 0.3) is 0 Å². The second kappa shape index (κ2) is 5.83. The number of benzene rings is 1. The van der Waals surface area contributed by atoms with Gasteiger partial charge in [-0.15, -0.1) is 0 Å². The molecule has 2 N–H and O–H groups in total. The first-order valence-electron chi connectivity index (χ1n) is 7.16. The molecule has 2 atom stereocenters. The van der Waals surface area contributed by atoms with E-state index in [0.717, 1.165) is 30.8 Å². The highest BCUT2D eigenvalue weighted by atomic mass is 16.5. The summed E-state index contributed by atoms with van der Waals surface area (Å²) in [5.41, 5.74) is 6.96. The Hall–Kier alpha value is -1.55. The van der Waals surface area contributed by atoms with Crippen molar-refractivity contribution in [1.82, 2.24) is 4.90 Å². The average Bonchev–Trinajstić information content (AvgIpc) is 2.81. The molecule has 0 radical (unpaired) electrons. The fraction of sp³-hybridized carbons (Fsp3) is 0.562. The maximum absolute atomic E-state index is 12.4. The first-order valence-corrected chi connectivity index (χ1v) is 7.16. The Bertz CT molecular complexity index is 489. The van der Waals surface area contributed by atoms with E-state index >= 15 is 0 Å². The van der Waals surface area contributed by atoms with Crippen LogP contribution in [0.15, 0.2) is 24.3 Å². The third-order valence-electron chi connectivity index (χ3n) is 4.01. The molecule has 1 saturated heterocycles. The zero-order valence-corrected chi connectivity index (χ0v) is 12.6. The first kappa shape index (κ1) is 14.9. The maximum Gasteiger partial charge on any atom is 0.263 e. The zero-order chi connectivity index (χ0) is 14.8. The van der Waals surface area contributed by atoms with Crippen molar-refractivity contribution in [2.24, 2.45) is 11.1 Å². The average molecular weight is 276 g/mol. The monoisotopic (exact) mass is 276 g/mol. The van der Waals surface area contributed by atoms with Gasteiger partial charge in [-0.05, 0) is 49.9 Å². The van der Waals surface area contributed by atoms with Crippen LogP contribution in [-0.4, -0.2) is 36.5 Å². The molecule has 2 rings (SSSR count). The summed E-state index contributed by atoms with van der Waals surface area (Å²) in [6, 6.07) is 7.76. The quantitative estimate of drug-likeness (QED) is 0.914. The van der Waals surface area contributed by atoms with E-state index < -0.39 is 6.10 Å². The molecule has 1 aliphatic rings. The molecule has 0 bridgehead atoms. The second-order valence-corrected chi connectivity index (χ2v) is 6.10. The highest BCUT2D eigenvalue weighted by Gasteiger charge is 2.36. The third kappa shape index (κ3) is 3.31. The Labute approximate surface area is 120 Å². The van der Waals surface area contributed by atoms with Gasteiger partial charge in [0, 0.05) is 13.1 Å². The van der Waals surface area contributed by atoms with E-state index in [1.54, 1.807) is 0 Å². The van der Waals surface area contributed by atoms with Crippen LogP contribution in [0.2, 0.25) is 0 Å². The number of rotatable bonds is 4. The molecule has 1 aromatic carbocycles. The molecule has 0 saturated carbocycles. The van der Waals surface area contributed by atoms with Gasteiger partial charge in [-0.2, -0.15) is 0 Å². The second-order valence-electron chi connectivity index (χ2n) is 6.10. The van der Waals surface area contributed by atoms with Crippen molar-refractivity contribution in [2.75, 3.05) is 19.6 Å². The van der Waals surface area contributed by atoms with Crippen LogP contribution in [0.1, 0.15) is 25.8 Å². The van der Waals surface area contributed by atoms with Crippen molar-refractivity contribution in [3.8, 4) is 5.75 Å². The Balaban J connectivity index is 1.96. The normalized spacial score (nSPS) is 23.7. The van der Waals surface area contributed by atoms with Gasteiger partial charge in [0.25, 0.3) is 5.91 Å². The van der Waals surface area contributed by atoms with Crippen LogP contribution in [0.4, 0.5) is 0 Å². The molecule has 2 unspecified atom stereocenters. The minimum atomic E-state index is -0.461. The SMILES string of the molecule is Cc1cccc(OC(C)C(=O)N2CCC(C)(CN)C2)c1. The smallest absolute Gasteiger partial charge is 0.263 e. The summed E-state index contributed by atoms with van der Waals surface area (Å²) in [5.74, 6) is 0.787. The Morgan fingerprint density at radius 2 is 2.30 bits per heavy atom. The number of amides is 1. The van der Waals surface area contributed by atoms with Crippen molar-refractivity contribution in [2.45, 2.75) is 33.3 Å². The summed E-state index contributed by atoms with van der Waals surface area (Å²) in [6.07, 6.45) is 0.504. The molecule has 1 heterocycles. The van der Waals surface area contributed by atoms with Gasteiger partial charge in [0.05, 0.1) is 0 Å². The van der Waals surface area contributed by atoms with Crippen molar-refractivity contribution >= 4 is 5.91 Å². The molecule has 1 fully saturated rings. The van der Waals surface area contributed by atoms with E-state index in [1.807, 2.05) is 43.0 Å². The summed E-state index contributed by atoms with van der Waals surface area (Å²) >= 11 is 0. The van der Waals surface area contributed by atoms with Crippen molar-refractivity contribution in [1.29, 1.82) is 0 Å². The third-order valence-corrected chi connectivity index (χ3v) is 4.01. The Kier molecular flexibility index (Phi) is 4.33. The summed E-state index contributed by atoms with van der Waals surface area (Å²) in [7, 11) is 0. The molecule has 4 heteroatoms. The lowest BCUT2D eigenvalue weighted by Gasteiger charge is -2.25. The maximum atomic E-state index is 12.4. The molecule has 0 spiro atoms. The number of likely N-dealkylation sites (tertiary alicyclic amines) is 1. The minimum Gasteiger partial charge on any atom is -0.481 e. The molecule has 20 heavy (non-hydrogen) atoms. The van der Waals surface area contributed by atoms with Gasteiger partial charge < -0.3 is 15.4 Å². The van der Waals surface area contributed by atoms with Crippen molar-refractivity contribution in [3.05, 3.63) is 29.8 Å². The van der Waals surface area contributed by atoms with Crippen LogP contribution < -0.4 is 10.5 Å². The Morgan fingerprint density at radius 3 is 2.90 bits per heavy atom. The number of nitrogens with two attached hydrogens (primary N) is 1. The van der Waals surface area contributed by atoms with E-state index in [-0.39, 0.29) is 11.3 Å². The first-order chi connectivity index (χ1) is 9.43. The van der Waals surface area contributed by atoms with E-state index in [1.165, 1.54) is 0 Å². The fourth-order valence-corrected chi connectivity index (χ4v) is 2.58. The summed E-state index contributed by atoms with van der Waals surface area (Å²) in [6.45, 7) is 8.06. The van der Waals surface area contributed by atoms with E-state index in [2.05, 4.69) is 6.92 Å². The van der Waals surface area contributed by atoms with E-state index in [0.29, 0.717) is 6.54 Å². The number of ether oxygens (including phenoxy) is 1. The van der Waals surface area contributed by atoms with Crippen molar-refractivity contribution < 1.29 is 9.53 Å². The molecular formula is C16H24N2O2. The number of hydrogen-bond donors (Lipinski definition) is 1. The molecule has 110 valence electrons. The number of carbonyl (C=O) groups excluding carboxylic acids is 1. The predicted octanol–water partition coefficient (Wildman–Crippen LogP) is 1.96. The lowest BCUT2D eigenvalue weighted by Crippen LogP contribution is -2.41. The van der Waals surface area contributed by atoms with Gasteiger partial charge in [0.15, 0.2) is 6.10 Å². The van der Waals surface area contributed by atoms with Gasteiger partial charge >= 0.3 is 0 Å². The van der Waals surface area contributed by atoms with Gasteiger partial charge in [0.2, 0.25) is 0 Å². The van der Waals surface area contributed by atoms with Gasteiger partial charge in [-0.25, -0.2) is 0 Å². The molecule has 0 aromatic heterocycles. The summed E-state index contributed by atoms with van der Waals surface area (Å²) in [4.78, 5) is 14.3. The van der Waals surface area contributed by atoms with Crippen LogP contribution in [0, 0.1) is 12.3 Å². The van der Waals surface area contributed by atoms with Crippen LogP contribution in [-0.2, 0) is 4.79 Å². The minimum absolute atomic E-state index is 0.0451.